The summed E-state index contributed by atoms with van der Waals surface area (Å²) in [6.07, 6.45) is 18.7. The van der Waals surface area contributed by atoms with Gasteiger partial charge in [0, 0.05) is 37.7 Å². The molecule has 2 atom stereocenters. The first kappa shape index (κ1) is 54.3. The second-order valence-corrected chi connectivity index (χ2v) is 17.4. The summed E-state index contributed by atoms with van der Waals surface area (Å²) in [6.45, 7) is 13.3. The largest absolute Gasteiger partial charge is 1.00 e. The minimum absolute atomic E-state index is 0. The molecule has 49 heavy (non-hydrogen) atoms. The zero-order valence-electron chi connectivity index (χ0n) is 30.9. The van der Waals surface area contributed by atoms with Crippen LogP contribution in [0.25, 0.3) is 0 Å². The van der Waals surface area contributed by atoms with Gasteiger partial charge in [0.2, 0.25) is 5.91 Å². The number of unbranched alkanes of at least 4 members (excludes halogenated alkanes) is 9. The van der Waals surface area contributed by atoms with Crippen molar-refractivity contribution < 1.29 is 58.3 Å². The number of rotatable bonds is 27. The van der Waals surface area contributed by atoms with Gasteiger partial charge >= 0.3 is 29.6 Å². The van der Waals surface area contributed by atoms with Crippen molar-refractivity contribution >= 4 is 31.8 Å². The van der Waals surface area contributed by atoms with Crippen LogP contribution in [0.1, 0.15) is 145 Å². The van der Waals surface area contributed by atoms with Crippen molar-refractivity contribution in [2.24, 2.45) is 0 Å². The Bertz CT molecular complexity index is 966. The average Bonchev–Trinajstić information content (AvgIpc) is 3.49. The molecular formula is C36H72N5NaO6Si. The first-order valence-corrected chi connectivity index (χ1v) is 20.6. The molecule has 1 rings (SSSR count). The molecule has 1 aromatic heterocycles. The van der Waals surface area contributed by atoms with Gasteiger partial charge in [0.05, 0.1) is 18.3 Å². The summed E-state index contributed by atoms with van der Waals surface area (Å²) in [4.78, 5) is 45.8. The average molecular weight is 722 g/mol. The maximum Gasteiger partial charge on any atom is 1.00 e. The minimum atomic E-state index is -1.39. The Morgan fingerprint density at radius 1 is 0.878 bits per heavy atom. The molecule has 1 amide bonds. The number of Topliss-reactive ketones (excluding diaryl/α,β-unsaturated/α-hetero) is 2. The molecule has 11 nitrogen and oxygen atoms in total. The summed E-state index contributed by atoms with van der Waals surface area (Å²) in [5.74, 6) is -1.72. The van der Waals surface area contributed by atoms with E-state index in [4.69, 9.17) is 4.43 Å². The Morgan fingerprint density at radius 3 is 1.92 bits per heavy atom. The van der Waals surface area contributed by atoms with Crippen molar-refractivity contribution in [3.8, 4) is 0 Å². The fraction of sp³-hybridized carbons (Fsp3) is 0.833. The van der Waals surface area contributed by atoms with Crippen LogP contribution in [0.4, 0.5) is 0 Å². The molecule has 282 valence electrons. The van der Waals surface area contributed by atoms with Crippen LogP contribution in [0.2, 0.25) is 19.1 Å². The van der Waals surface area contributed by atoms with Crippen LogP contribution in [-0.2, 0) is 30.1 Å². The van der Waals surface area contributed by atoms with Crippen LogP contribution < -0.4 is 45.3 Å². The molecule has 0 saturated heterocycles. The van der Waals surface area contributed by atoms with Gasteiger partial charge in [0.1, 0.15) is 5.78 Å². The smallest absolute Gasteiger partial charge is 0.550 e. The van der Waals surface area contributed by atoms with Gasteiger partial charge in [0.15, 0.2) is 14.1 Å². The molecule has 2 N–H and O–H groups in total. The number of aromatic nitrogens is 3. The fourth-order valence-electron chi connectivity index (χ4n) is 5.31. The number of aryl methyl sites for hydroxylation is 1. The third-order valence-corrected chi connectivity index (χ3v) is 10.4. The molecule has 0 fully saturated rings. The van der Waals surface area contributed by atoms with E-state index in [2.05, 4.69) is 47.9 Å². The van der Waals surface area contributed by atoms with Gasteiger partial charge in [-0.15, -0.1) is 5.10 Å². The number of likely N-dealkylation sites (N-methyl/N-ethyl adjacent to an activating group) is 1. The molecule has 0 spiro atoms. The number of amides is 1. The van der Waals surface area contributed by atoms with Crippen molar-refractivity contribution in [2.75, 3.05) is 7.05 Å². The van der Waals surface area contributed by atoms with Crippen molar-refractivity contribution in [2.45, 2.75) is 189 Å². The summed E-state index contributed by atoms with van der Waals surface area (Å²) in [6, 6.07) is -0.0199. The molecule has 1 aromatic rings. The van der Waals surface area contributed by atoms with E-state index in [1.165, 1.54) is 70.8 Å². The first-order valence-electron chi connectivity index (χ1n) is 17.5. The quantitative estimate of drug-likeness (QED) is 0.103. The van der Waals surface area contributed by atoms with E-state index in [1.54, 1.807) is 13.2 Å². The third kappa shape index (κ3) is 32.2. The molecule has 0 saturated carbocycles. The van der Waals surface area contributed by atoms with Gasteiger partial charge in [-0.05, 0) is 79.1 Å². The van der Waals surface area contributed by atoms with Crippen LogP contribution in [0.3, 0.4) is 0 Å². The zero-order chi connectivity index (χ0) is 34.8. The van der Waals surface area contributed by atoms with Crippen molar-refractivity contribution in [3.05, 3.63) is 12.4 Å². The van der Waals surface area contributed by atoms with Gasteiger partial charge in [-0.3, -0.25) is 19.1 Å². The summed E-state index contributed by atoms with van der Waals surface area (Å²) < 4.78 is 8.00. The van der Waals surface area contributed by atoms with E-state index in [0.29, 0.717) is 31.8 Å². The van der Waals surface area contributed by atoms with Crippen LogP contribution in [0.5, 0.6) is 0 Å². The van der Waals surface area contributed by atoms with E-state index >= 15 is 0 Å². The number of carboxylic acid groups (broad SMARTS) is 1. The number of hydrogen-bond acceptors (Lipinski definition) is 9. The third-order valence-electron chi connectivity index (χ3n) is 7.75. The molecule has 13 heteroatoms. The molecule has 2 unspecified atom stereocenters. The molecule has 1 heterocycles. The van der Waals surface area contributed by atoms with E-state index < -0.39 is 32.3 Å². The maximum absolute atomic E-state index is 12.2. The predicted octanol–water partition coefficient (Wildman–Crippen LogP) is 3.41. The number of aliphatic carboxylic acids is 1. The van der Waals surface area contributed by atoms with Crippen molar-refractivity contribution in [3.63, 3.8) is 0 Å². The topological polar surface area (TPSA) is 155 Å². The Balaban J connectivity index is -0.000000389. The number of carbonyl (C=O) groups is 4. The van der Waals surface area contributed by atoms with Crippen LogP contribution in [-0.4, -0.2) is 72.0 Å². The van der Waals surface area contributed by atoms with Crippen LogP contribution in [0, 0.1) is 0 Å². The number of nitrogens with one attached hydrogen (secondary N) is 2. The van der Waals surface area contributed by atoms with Crippen molar-refractivity contribution in [1.82, 2.24) is 25.6 Å². The zero-order valence-corrected chi connectivity index (χ0v) is 33.9. The summed E-state index contributed by atoms with van der Waals surface area (Å²) in [5.41, 5.74) is 0. The van der Waals surface area contributed by atoms with Gasteiger partial charge in [-0.2, -0.15) is 0 Å². The Morgan fingerprint density at radius 2 is 1.45 bits per heavy atom. The maximum atomic E-state index is 12.2. The van der Waals surface area contributed by atoms with E-state index in [1.807, 2.05) is 17.8 Å². The monoisotopic (exact) mass is 722 g/mol. The second kappa shape index (κ2) is 33.7. The summed E-state index contributed by atoms with van der Waals surface area (Å²) >= 11 is 0. The normalized spacial score (nSPS) is 11.9. The van der Waals surface area contributed by atoms with Gasteiger partial charge in [0.25, 0.3) is 0 Å². The molecule has 0 aromatic carbocycles. The Labute approximate surface area is 322 Å². The van der Waals surface area contributed by atoms with Gasteiger partial charge in [-0.1, -0.05) is 84.8 Å². The summed E-state index contributed by atoms with van der Waals surface area (Å²) in [7, 11) is 0.198. The second-order valence-electron chi connectivity index (χ2n) is 13.1. The molecule has 0 aliphatic heterocycles. The molecular weight excluding hydrogens is 650 g/mol. The molecule has 0 aliphatic rings. The van der Waals surface area contributed by atoms with Gasteiger partial charge < -0.3 is 25.0 Å². The van der Waals surface area contributed by atoms with Crippen LogP contribution >= 0.6 is 0 Å². The number of ketones is 2. The predicted molar refractivity (Wildman–Crippen MR) is 197 cm³/mol. The van der Waals surface area contributed by atoms with E-state index in [-0.39, 0.29) is 68.8 Å². The number of hydrogen-bond donors (Lipinski definition) is 2. The number of carboxylic acids is 1. The van der Waals surface area contributed by atoms with E-state index in [0.717, 1.165) is 13.0 Å². The minimum Gasteiger partial charge on any atom is -0.550 e. The summed E-state index contributed by atoms with van der Waals surface area (Å²) in [5, 5.41) is 23.6. The van der Waals surface area contributed by atoms with Crippen LogP contribution in [0.15, 0.2) is 12.4 Å². The fourth-order valence-corrected chi connectivity index (χ4v) is 7.81. The van der Waals surface area contributed by atoms with Crippen molar-refractivity contribution in [1.29, 1.82) is 0 Å². The molecule has 0 bridgehead atoms. The SMILES string of the molecule is C.C.CC(C)O[Si](C)(C)CCCCCCCCCCCn1ccnn1.CCCC(=O)CC(NC)C(=O)NC(CCCCC(=O)[O-])C(C)=O.[Na+]. The first-order chi connectivity index (χ1) is 21.8. The Kier molecular flexibility index (Phi) is 37.4. The molecule has 0 radical (unpaired) electrons. The molecule has 0 aliphatic carbocycles. The van der Waals surface area contributed by atoms with Gasteiger partial charge in [-0.25, -0.2) is 0 Å². The standard InChI is InChI=1S/C18H37N3OSi.C16H28N2O5.2CH4.Na/c1-18(2)22-23(3,4)17-13-11-9-7-5-6-8-10-12-15-21-16-14-19-20-21;1-4-7-12(20)10-14(17-3)16(23)18-13(11(2)19)8-5-6-9-15(21)22;;;/h14,16,18H,5-13,15,17H2,1-4H3;13-14,17H,4-10H2,1-3H3,(H,18,23)(H,21,22);2*1H4;/q;;;;+1/p-1. The Hall–Kier alpha value is -1.44. The van der Waals surface area contributed by atoms with E-state index in [9.17, 15) is 24.3 Å². The number of carbonyl (C=O) groups excluding carboxylic acids is 4. The number of nitrogens with zero attached hydrogens (tertiary/aromatic N) is 3.